The molecule has 1 aromatic heterocycles. The predicted molar refractivity (Wildman–Crippen MR) is 91.2 cm³/mol. The van der Waals surface area contributed by atoms with Gasteiger partial charge in [-0.3, -0.25) is 0 Å². The fraction of sp³-hybridized carbons (Fsp3) is 0.353. The van der Waals surface area contributed by atoms with Crippen LogP contribution in [-0.4, -0.2) is 52.4 Å². The first-order valence-corrected chi connectivity index (χ1v) is 8.17. The van der Waals surface area contributed by atoms with E-state index < -0.39 is 18.0 Å². The topological polar surface area (TPSA) is 96.8 Å². The number of nitrogens with zero attached hydrogens (tertiary/aromatic N) is 3. The number of nitrogens with one attached hydrogen (secondary N) is 1. The Balaban J connectivity index is 1.70. The minimum atomic E-state index is -1.01. The zero-order valence-corrected chi connectivity index (χ0v) is 14.2. The monoisotopic (exact) mass is 362 g/mol. The third-order valence-electron chi connectivity index (χ3n) is 3.89. The van der Waals surface area contributed by atoms with E-state index >= 15 is 0 Å². The first-order valence-electron chi connectivity index (χ1n) is 8.17. The Morgan fingerprint density at radius 2 is 2.23 bits per heavy atom. The van der Waals surface area contributed by atoms with E-state index in [4.69, 9.17) is 14.6 Å². The minimum absolute atomic E-state index is 0.170. The highest BCUT2D eigenvalue weighted by atomic mass is 19.1. The molecule has 0 spiro atoms. The van der Waals surface area contributed by atoms with Gasteiger partial charge in [0.25, 0.3) is 0 Å². The van der Waals surface area contributed by atoms with Gasteiger partial charge in [0.2, 0.25) is 5.95 Å². The Hall–Kier alpha value is -2.94. The van der Waals surface area contributed by atoms with Crippen molar-refractivity contribution in [2.75, 3.05) is 31.6 Å². The molecule has 26 heavy (non-hydrogen) atoms. The summed E-state index contributed by atoms with van der Waals surface area (Å²) in [4.78, 5) is 20.5. The van der Waals surface area contributed by atoms with Crippen molar-refractivity contribution in [3.8, 4) is 5.75 Å². The number of hydrogen-bond donors (Lipinski definition) is 2. The Bertz CT molecular complexity index is 772. The summed E-state index contributed by atoms with van der Waals surface area (Å²) in [7, 11) is 0. The number of carboxylic acid groups (broad SMARTS) is 1. The van der Waals surface area contributed by atoms with Gasteiger partial charge in [-0.25, -0.2) is 19.2 Å². The van der Waals surface area contributed by atoms with Gasteiger partial charge in [-0.2, -0.15) is 0 Å². The normalized spacial score (nSPS) is 17.0. The molecule has 0 bridgehead atoms. The molecule has 138 valence electrons. The van der Waals surface area contributed by atoms with Crippen molar-refractivity contribution in [2.45, 2.75) is 13.0 Å². The van der Waals surface area contributed by atoms with Crippen LogP contribution in [0.1, 0.15) is 18.6 Å². The molecule has 1 aromatic carbocycles. The van der Waals surface area contributed by atoms with E-state index in [1.54, 1.807) is 12.1 Å². The molecule has 2 heterocycles. The van der Waals surface area contributed by atoms with E-state index in [1.807, 2.05) is 6.92 Å². The molecular formula is C17H19FN4O4. The van der Waals surface area contributed by atoms with Crippen molar-refractivity contribution in [2.24, 2.45) is 0 Å². The second-order valence-corrected chi connectivity index (χ2v) is 5.63. The van der Waals surface area contributed by atoms with Crippen LogP contribution in [0, 0.1) is 5.82 Å². The van der Waals surface area contributed by atoms with Crippen molar-refractivity contribution in [1.29, 1.82) is 0 Å². The molecular weight excluding hydrogens is 343 g/mol. The Kier molecular flexibility index (Phi) is 5.47. The lowest BCUT2D eigenvalue weighted by Gasteiger charge is -2.31. The van der Waals surface area contributed by atoms with E-state index in [2.05, 4.69) is 15.3 Å². The standard InChI is InChI=1S/C17H19FN4O4/c1-2-25-12-8-19-16(20-9-12)21-14-4-3-11(7-13(14)18)15-10-22(17(23)24)5-6-26-15/h3-4,7-9,15H,2,5-6,10H2,1H3,(H,23,24)(H,19,20,21). The van der Waals surface area contributed by atoms with Gasteiger partial charge in [-0.1, -0.05) is 6.07 Å². The fourth-order valence-corrected chi connectivity index (χ4v) is 2.60. The number of hydrogen-bond acceptors (Lipinski definition) is 6. The van der Waals surface area contributed by atoms with Crippen LogP contribution >= 0.6 is 0 Å². The number of anilines is 2. The molecule has 1 aliphatic rings. The third-order valence-corrected chi connectivity index (χ3v) is 3.89. The van der Waals surface area contributed by atoms with E-state index in [9.17, 15) is 9.18 Å². The summed E-state index contributed by atoms with van der Waals surface area (Å²) >= 11 is 0. The molecule has 1 fully saturated rings. The number of rotatable bonds is 5. The third kappa shape index (κ3) is 4.17. The van der Waals surface area contributed by atoms with Crippen LogP contribution < -0.4 is 10.1 Å². The average Bonchev–Trinajstić information content (AvgIpc) is 2.65. The number of aromatic nitrogens is 2. The summed E-state index contributed by atoms with van der Waals surface area (Å²) in [5, 5.41) is 11.9. The lowest BCUT2D eigenvalue weighted by molar-refractivity contribution is -0.0233. The van der Waals surface area contributed by atoms with Gasteiger partial charge in [-0.05, 0) is 24.6 Å². The predicted octanol–water partition coefficient (Wildman–Crippen LogP) is 2.81. The maximum Gasteiger partial charge on any atom is 0.407 e. The molecule has 2 aromatic rings. The van der Waals surface area contributed by atoms with Gasteiger partial charge < -0.3 is 24.8 Å². The van der Waals surface area contributed by atoms with E-state index in [0.29, 0.717) is 24.5 Å². The number of carbonyl (C=O) groups is 1. The van der Waals surface area contributed by atoms with Gasteiger partial charge in [-0.15, -0.1) is 0 Å². The molecule has 1 unspecified atom stereocenters. The van der Waals surface area contributed by atoms with Gasteiger partial charge in [0.15, 0.2) is 5.75 Å². The zero-order valence-electron chi connectivity index (χ0n) is 14.2. The van der Waals surface area contributed by atoms with Crippen molar-refractivity contribution in [1.82, 2.24) is 14.9 Å². The Morgan fingerprint density at radius 1 is 1.46 bits per heavy atom. The molecule has 1 saturated heterocycles. The molecule has 1 atom stereocenters. The van der Waals surface area contributed by atoms with Crippen LogP contribution in [0.5, 0.6) is 5.75 Å². The maximum absolute atomic E-state index is 14.4. The number of morpholine rings is 1. The number of ether oxygens (including phenoxy) is 2. The lowest BCUT2D eigenvalue weighted by Crippen LogP contribution is -2.41. The summed E-state index contributed by atoms with van der Waals surface area (Å²) < 4.78 is 25.2. The van der Waals surface area contributed by atoms with Crippen LogP contribution in [0.4, 0.5) is 20.8 Å². The molecule has 0 radical (unpaired) electrons. The van der Waals surface area contributed by atoms with Crippen molar-refractivity contribution < 1.29 is 23.8 Å². The average molecular weight is 362 g/mol. The van der Waals surface area contributed by atoms with E-state index in [1.165, 1.54) is 23.4 Å². The highest BCUT2D eigenvalue weighted by Crippen LogP contribution is 2.27. The summed E-state index contributed by atoms with van der Waals surface area (Å²) in [5.74, 6) is 0.272. The SMILES string of the molecule is CCOc1cnc(Nc2ccc(C3CN(C(=O)O)CCO3)cc2F)nc1. The highest BCUT2D eigenvalue weighted by Gasteiger charge is 2.25. The van der Waals surface area contributed by atoms with Crippen LogP contribution in [0.2, 0.25) is 0 Å². The first-order chi connectivity index (χ1) is 12.6. The second-order valence-electron chi connectivity index (χ2n) is 5.63. The molecule has 9 heteroatoms. The van der Waals surface area contributed by atoms with E-state index in [0.717, 1.165) is 0 Å². The Morgan fingerprint density at radius 3 is 2.88 bits per heavy atom. The van der Waals surface area contributed by atoms with Gasteiger partial charge in [0.1, 0.15) is 11.9 Å². The van der Waals surface area contributed by atoms with Crippen molar-refractivity contribution in [3.05, 3.63) is 42.0 Å². The molecule has 2 N–H and O–H groups in total. The molecule has 0 aliphatic carbocycles. The van der Waals surface area contributed by atoms with Crippen LogP contribution in [-0.2, 0) is 4.74 Å². The quantitative estimate of drug-likeness (QED) is 0.844. The van der Waals surface area contributed by atoms with Gasteiger partial charge in [0.05, 0.1) is 37.8 Å². The largest absolute Gasteiger partial charge is 0.491 e. The summed E-state index contributed by atoms with van der Waals surface area (Å²) in [6.45, 7) is 3.12. The minimum Gasteiger partial charge on any atom is -0.491 e. The van der Waals surface area contributed by atoms with E-state index in [-0.39, 0.29) is 24.8 Å². The highest BCUT2D eigenvalue weighted by molar-refractivity contribution is 5.65. The van der Waals surface area contributed by atoms with Crippen LogP contribution in [0.15, 0.2) is 30.6 Å². The smallest absolute Gasteiger partial charge is 0.407 e. The number of benzene rings is 1. The van der Waals surface area contributed by atoms with Gasteiger partial charge >= 0.3 is 6.09 Å². The lowest BCUT2D eigenvalue weighted by atomic mass is 10.1. The number of amides is 1. The molecule has 0 saturated carbocycles. The summed E-state index contributed by atoms with van der Waals surface area (Å²) in [5.41, 5.74) is 0.787. The first kappa shape index (κ1) is 17.9. The zero-order chi connectivity index (χ0) is 18.5. The number of halogens is 1. The molecule has 1 aliphatic heterocycles. The van der Waals surface area contributed by atoms with Gasteiger partial charge in [0, 0.05) is 6.54 Å². The maximum atomic E-state index is 14.4. The van der Waals surface area contributed by atoms with Crippen LogP contribution in [0.25, 0.3) is 0 Å². The fourth-order valence-electron chi connectivity index (χ4n) is 2.60. The van der Waals surface area contributed by atoms with Crippen molar-refractivity contribution >= 4 is 17.7 Å². The van der Waals surface area contributed by atoms with Crippen LogP contribution in [0.3, 0.4) is 0 Å². The molecule has 3 rings (SSSR count). The second kappa shape index (κ2) is 7.96. The summed E-state index contributed by atoms with van der Waals surface area (Å²) in [6, 6.07) is 4.57. The Labute approximate surface area is 149 Å². The summed E-state index contributed by atoms with van der Waals surface area (Å²) in [6.07, 6.45) is 1.50. The molecule has 8 nitrogen and oxygen atoms in total. The van der Waals surface area contributed by atoms with Crippen molar-refractivity contribution in [3.63, 3.8) is 0 Å². The molecule has 1 amide bonds.